The first-order valence-corrected chi connectivity index (χ1v) is 10.9. The molecular weight excluding hydrogens is 480 g/mol. The number of benzene rings is 2. The molecule has 2 aromatic carbocycles. The molecule has 4 rings (SSSR count). The van der Waals surface area contributed by atoms with Gasteiger partial charge in [0.15, 0.2) is 22.9 Å². The third-order valence-corrected chi connectivity index (χ3v) is 5.44. The Bertz CT molecular complexity index is 1380. The molecule has 13 nitrogen and oxygen atoms in total. The monoisotopic (exact) mass is 498 g/mol. The Morgan fingerprint density at radius 2 is 1.71 bits per heavy atom. The standard InChI is InChI=1S/C20H18O13S/c21-9-3-1-8(2-4-9)13-5-10(22)15-11(23)6-14(17(26)18(15)31-13)32-20-19(33-34(27,28)29)16(25)12(24)7-30-20/h1-6,12,16,19-21,23-26H,7H2,(H,27,28,29)/t12-,16+,19-,20+/m1/s1. The minimum absolute atomic E-state index is 0.0237. The first-order valence-electron chi connectivity index (χ1n) is 9.57. The number of ether oxygens (including phenoxy) is 2. The maximum absolute atomic E-state index is 12.6. The Balaban J connectivity index is 1.77. The quantitative estimate of drug-likeness (QED) is 0.205. The van der Waals surface area contributed by atoms with Crippen molar-refractivity contribution in [2.24, 2.45) is 0 Å². The van der Waals surface area contributed by atoms with Crippen LogP contribution in [0.4, 0.5) is 0 Å². The number of hydrogen-bond acceptors (Lipinski definition) is 12. The van der Waals surface area contributed by atoms with Crippen LogP contribution in [-0.4, -0.2) is 69.7 Å². The average molecular weight is 498 g/mol. The van der Waals surface area contributed by atoms with E-state index in [4.69, 9.17) is 18.4 Å². The number of hydrogen-bond donors (Lipinski definition) is 6. The molecule has 0 amide bonds. The largest absolute Gasteiger partial charge is 0.508 e. The summed E-state index contributed by atoms with van der Waals surface area (Å²) in [5.41, 5.74) is -0.853. The number of phenolic OH excluding ortho intramolecular Hbond substituents is 3. The highest BCUT2D eigenvalue weighted by Crippen LogP contribution is 2.41. The number of phenols is 3. The zero-order chi connectivity index (χ0) is 24.8. The molecule has 1 aliphatic heterocycles. The van der Waals surface area contributed by atoms with Gasteiger partial charge in [0.25, 0.3) is 0 Å². The summed E-state index contributed by atoms with van der Waals surface area (Å²) >= 11 is 0. The molecule has 1 fully saturated rings. The van der Waals surface area contributed by atoms with Gasteiger partial charge in [-0.3, -0.25) is 9.35 Å². The average Bonchev–Trinajstić information content (AvgIpc) is 2.76. The fourth-order valence-corrected chi connectivity index (χ4v) is 3.86. The van der Waals surface area contributed by atoms with Crippen molar-refractivity contribution in [3.8, 4) is 34.3 Å². The number of aliphatic hydroxyl groups excluding tert-OH is 2. The van der Waals surface area contributed by atoms with Crippen molar-refractivity contribution in [3.63, 3.8) is 0 Å². The van der Waals surface area contributed by atoms with Gasteiger partial charge in [0.2, 0.25) is 12.0 Å². The highest BCUT2D eigenvalue weighted by molar-refractivity contribution is 7.80. The number of fused-ring (bicyclic) bond motifs is 1. The summed E-state index contributed by atoms with van der Waals surface area (Å²) in [7, 11) is -5.12. The minimum atomic E-state index is -5.12. The number of aromatic hydroxyl groups is 3. The fourth-order valence-electron chi connectivity index (χ4n) is 3.37. The van der Waals surface area contributed by atoms with Crippen LogP contribution in [0.25, 0.3) is 22.3 Å². The lowest BCUT2D eigenvalue weighted by Gasteiger charge is -2.36. The first-order chi connectivity index (χ1) is 15.9. The van der Waals surface area contributed by atoms with E-state index >= 15 is 0 Å². The van der Waals surface area contributed by atoms with E-state index in [-0.39, 0.29) is 11.5 Å². The lowest BCUT2D eigenvalue weighted by atomic mass is 10.1. The van der Waals surface area contributed by atoms with Crippen LogP contribution in [0.2, 0.25) is 0 Å². The van der Waals surface area contributed by atoms with Gasteiger partial charge in [-0.05, 0) is 24.3 Å². The molecule has 3 aromatic rings. The van der Waals surface area contributed by atoms with Crippen LogP contribution in [0.3, 0.4) is 0 Å². The summed E-state index contributed by atoms with van der Waals surface area (Å²) in [6.07, 6.45) is -7.23. The van der Waals surface area contributed by atoms with Crippen molar-refractivity contribution in [2.75, 3.05) is 6.61 Å². The zero-order valence-corrected chi connectivity index (χ0v) is 17.7. The summed E-state index contributed by atoms with van der Waals surface area (Å²) in [4.78, 5) is 12.6. The van der Waals surface area contributed by atoms with Gasteiger partial charge in [0.1, 0.15) is 34.9 Å². The Labute approximate surface area is 190 Å². The van der Waals surface area contributed by atoms with Gasteiger partial charge in [0, 0.05) is 17.7 Å². The van der Waals surface area contributed by atoms with E-state index in [1.807, 2.05) is 0 Å². The predicted molar refractivity (Wildman–Crippen MR) is 112 cm³/mol. The van der Waals surface area contributed by atoms with Crippen LogP contribution >= 0.6 is 0 Å². The smallest absolute Gasteiger partial charge is 0.397 e. The molecule has 1 aromatic heterocycles. The molecule has 182 valence electrons. The summed E-state index contributed by atoms with van der Waals surface area (Å²) in [5, 5.41) is 49.9. The van der Waals surface area contributed by atoms with E-state index in [0.717, 1.165) is 12.1 Å². The maximum atomic E-state index is 12.6. The van der Waals surface area contributed by atoms with Crippen LogP contribution in [0, 0.1) is 0 Å². The van der Waals surface area contributed by atoms with E-state index in [1.165, 1.54) is 24.3 Å². The molecule has 1 aliphatic rings. The lowest BCUT2D eigenvalue weighted by Crippen LogP contribution is -2.56. The van der Waals surface area contributed by atoms with Crippen molar-refractivity contribution < 1.29 is 56.6 Å². The van der Waals surface area contributed by atoms with Crippen molar-refractivity contribution in [1.82, 2.24) is 0 Å². The van der Waals surface area contributed by atoms with Crippen molar-refractivity contribution in [2.45, 2.75) is 24.6 Å². The van der Waals surface area contributed by atoms with Gasteiger partial charge in [-0.25, -0.2) is 4.18 Å². The molecule has 0 aliphatic carbocycles. The lowest BCUT2D eigenvalue weighted by molar-refractivity contribution is -0.235. The second kappa shape index (κ2) is 8.75. The molecule has 4 atom stereocenters. The van der Waals surface area contributed by atoms with Gasteiger partial charge in [-0.1, -0.05) is 0 Å². The van der Waals surface area contributed by atoms with Gasteiger partial charge >= 0.3 is 10.4 Å². The zero-order valence-electron chi connectivity index (χ0n) is 16.9. The summed E-state index contributed by atoms with van der Waals surface area (Å²) in [5.74, 6) is -2.08. The highest BCUT2D eigenvalue weighted by Gasteiger charge is 2.44. The molecular formula is C20H18O13S. The van der Waals surface area contributed by atoms with E-state index in [0.29, 0.717) is 5.56 Å². The van der Waals surface area contributed by atoms with Crippen LogP contribution in [0.1, 0.15) is 0 Å². The molecule has 14 heteroatoms. The van der Waals surface area contributed by atoms with E-state index in [1.54, 1.807) is 0 Å². The Hall–Kier alpha value is -3.40. The SMILES string of the molecule is O=c1cc(-c2ccc(O)cc2)oc2c(O)c(O[C@@H]3OC[C@@H](O)[C@H](O)[C@H]3OS(=O)(=O)O)cc(O)c12. The summed E-state index contributed by atoms with van der Waals surface area (Å²) in [6.45, 7) is -0.530. The van der Waals surface area contributed by atoms with Crippen molar-refractivity contribution >= 4 is 21.4 Å². The van der Waals surface area contributed by atoms with Crippen LogP contribution in [0.15, 0.2) is 45.6 Å². The first kappa shape index (κ1) is 23.7. The Kier molecular flexibility index (Phi) is 6.11. The number of rotatable bonds is 5. The van der Waals surface area contributed by atoms with E-state index in [2.05, 4.69) is 4.18 Å². The van der Waals surface area contributed by atoms with Crippen LogP contribution in [0.5, 0.6) is 23.0 Å². The molecule has 0 spiro atoms. The van der Waals surface area contributed by atoms with Crippen molar-refractivity contribution in [3.05, 3.63) is 46.6 Å². The van der Waals surface area contributed by atoms with Crippen LogP contribution < -0.4 is 10.2 Å². The number of aliphatic hydroxyl groups is 2. The van der Waals surface area contributed by atoms with E-state index < -0.39 is 75.3 Å². The molecule has 6 N–H and O–H groups in total. The molecule has 34 heavy (non-hydrogen) atoms. The van der Waals surface area contributed by atoms with Gasteiger partial charge in [-0.15, -0.1) is 0 Å². The summed E-state index contributed by atoms with van der Waals surface area (Å²) in [6, 6.07) is 7.44. The third kappa shape index (κ3) is 4.63. The fraction of sp³-hybridized carbons (Fsp3) is 0.250. The second-order valence-electron chi connectivity index (χ2n) is 7.33. The topological polar surface area (TPSA) is 213 Å². The van der Waals surface area contributed by atoms with Crippen molar-refractivity contribution in [1.29, 1.82) is 0 Å². The molecule has 0 saturated carbocycles. The molecule has 0 bridgehead atoms. The predicted octanol–water partition coefficient (Wildman–Crippen LogP) is 0.222. The van der Waals surface area contributed by atoms with E-state index in [9.17, 15) is 38.7 Å². The second-order valence-corrected chi connectivity index (χ2v) is 8.38. The van der Waals surface area contributed by atoms with Gasteiger partial charge in [0.05, 0.1) is 6.61 Å². The normalized spacial score (nSPS) is 23.1. The molecule has 2 heterocycles. The third-order valence-electron chi connectivity index (χ3n) is 4.98. The molecule has 1 saturated heterocycles. The van der Waals surface area contributed by atoms with Crippen LogP contribution in [-0.2, 0) is 19.3 Å². The highest BCUT2D eigenvalue weighted by atomic mass is 32.3. The Morgan fingerprint density at radius 1 is 1.03 bits per heavy atom. The molecule has 0 unspecified atom stereocenters. The molecule has 0 radical (unpaired) electrons. The summed E-state index contributed by atoms with van der Waals surface area (Å²) < 4.78 is 51.7. The minimum Gasteiger partial charge on any atom is -0.508 e. The van der Waals surface area contributed by atoms with Gasteiger partial charge < -0.3 is 39.4 Å². The maximum Gasteiger partial charge on any atom is 0.397 e. The van der Waals surface area contributed by atoms with Gasteiger partial charge in [-0.2, -0.15) is 8.42 Å². The Morgan fingerprint density at radius 3 is 2.35 bits per heavy atom.